The van der Waals surface area contributed by atoms with Gasteiger partial charge in [0.05, 0.1) is 6.54 Å². The Labute approximate surface area is 85.3 Å². The van der Waals surface area contributed by atoms with Gasteiger partial charge in [0.1, 0.15) is 5.78 Å². The van der Waals surface area contributed by atoms with Crippen LogP contribution in [0.5, 0.6) is 0 Å². The zero-order valence-corrected chi connectivity index (χ0v) is 8.84. The molecule has 0 radical (unpaired) electrons. The van der Waals surface area contributed by atoms with Crippen LogP contribution in [-0.4, -0.2) is 18.2 Å². The number of carbonyl (C=O) groups is 2. The average Bonchev–Trinajstić information content (AvgIpc) is 2.63. The molecule has 0 heterocycles. The third kappa shape index (κ3) is 4.40. The Bertz CT molecular complexity index is 207. The monoisotopic (exact) mass is 197 g/mol. The van der Waals surface area contributed by atoms with Gasteiger partial charge in [-0.2, -0.15) is 0 Å². The van der Waals surface area contributed by atoms with Gasteiger partial charge in [-0.1, -0.05) is 25.7 Å². The molecule has 3 heteroatoms. The van der Waals surface area contributed by atoms with Crippen LogP contribution in [0.3, 0.4) is 0 Å². The second-order valence-corrected chi connectivity index (χ2v) is 4.17. The summed E-state index contributed by atoms with van der Waals surface area (Å²) in [4.78, 5) is 21.8. The van der Waals surface area contributed by atoms with E-state index in [-0.39, 0.29) is 18.2 Å². The highest BCUT2D eigenvalue weighted by atomic mass is 16.2. The Morgan fingerprint density at radius 1 is 1.29 bits per heavy atom. The van der Waals surface area contributed by atoms with E-state index < -0.39 is 0 Å². The first-order chi connectivity index (χ1) is 6.68. The van der Waals surface area contributed by atoms with Crippen LogP contribution >= 0.6 is 0 Å². The Kier molecular flexibility index (Phi) is 4.63. The standard InChI is InChI=1S/C11H19NO2/c1-9(13)8-12-11(14)7-6-10-4-2-3-5-10/h10H,2-8H2,1H3,(H,12,14). The Morgan fingerprint density at radius 2 is 1.93 bits per heavy atom. The lowest BCUT2D eigenvalue weighted by atomic mass is 10.0. The highest BCUT2D eigenvalue weighted by Crippen LogP contribution is 2.28. The van der Waals surface area contributed by atoms with Crippen molar-refractivity contribution in [3.8, 4) is 0 Å². The second-order valence-electron chi connectivity index (χ2n) is 4.17. The number of nitrogens with one attached hydrogen (secondary N) is 1. The number of hydrogen-bond acceptors (Lipinski definition) is 2. The first-order valence-electron chi connectivity index (χ1n) is 5.44. The van der Waals surface area contributed by atoms with Crippen LogP contribution in [0.1, 0.15) is 45.4 Å². The molecule has 0 aromatic carbocycles. The second kappa shape index (κ2) is 5.78. The van der Waals surface area contributed by atoms with E-state index >= 15 is 0 Å². The molecule has 1 saturated carbocycles. The molecule has 0 aliphatic heterocycles. The highest BCUT2D eigenvalue weighted by Gasteiger charge is 2.15. The molecule has 14 heavy (non-hydrogen) atoms. The van der Waals surface area contributed by atoms with Crippen molar-refractivity contribution >= 4 is 11.7 Å². The quantitative estimate of drug-likeness (QED) is 0.728. The third-order valence-corrected chi connectivity index (χ3v) is 2.79. The predicted molar refractivity (Wildman–Crippen MR) is 54.9 cm³/mol. The maximum absolute atomic E-state index is 11.2. The van der Waals surface area contributed by atoms with E-state index in [4.69, 9.17) is 0 Å². The van der Waals surface area contributed by atoms with E-state index in [1.807, 2.05) is 0 Å². The summed E-state index contributed by atoms with van der Waals surface area (Å²) in [5, 5.41) is 2.62. The number of hydrogen-bond donors (Lipinski definition) is 1. The van der Waals surface area contributed by atoms with Gasteiger partial charge in [-0.05, 0) is 19.3 Å². The van der Waals surface area contributed by atoms with Crippen LogP contribution < -0.4 is 5.32 Å². The number of ketones is 1. The summed E-state index contributed by atoms with van der Waals surface area (Å²) in [5.41, 5.74) is 0. The molecule has 1 aliphatic carbocycles. The third-order valence-electron chi connectivity index (χ3n) is 2.79. The van der Waals surface area contributed by atoms with Gasteiger partial charge >= 0.3 is 0 Å². The largest absolute Gasteiger partial charge is 0.349 e. The molecule has 1 rings (SSSR count). The van der Waals surface area contributed by atoms with Crippen molar-refractivity contribution in [3.05, 3.63) is 0 Å². The first-order valence-corrected chi connectivity index (χ1v) is 5.44. The van der Waals surface area contributed by atoms with Gasteiger partial charge in [-0.15, -0.1) is 0 Å². The Hall–Kier alpha value is -0.860. The molecule has 0 unspecified atom stereocenters. The number of carbonyl (C=O) groups excluding carboxylic acids is 2. The van der Waals surface area contributed by atoms with Crippen molar-refractivity contribution in [1.29, 1.82) is 0 Å². The summed E-state index contributed by atoms with van der Waals surface area (Å²) < 4.78 is 0. The summed E-state index contributed by atoms with van der Waals surface area (Å²) in [5.74, 6) is 0.782. The van der Waals surface area contributed by atoms with Crippen LogP contribution in [0.4, 0.5) is 0 Å². The van der Waals surface area contributed by atoms with E-state index in [1.165, 1.54) is 32.6 Å². The Morgan fingerprint density at radius 3 is 2.50 bits per heavy atom. The van der Waals surface area contributed by atoms with Crippen LogP contribution in [0.2, 0.25) is 0 Å². The molecule has 3 nitrogen and oxygen atoms in total. The van der Waals surface area contributed by atoms with Crippen LogP contribution in [-0.2, 0) is 9.59 Å². The first kappa shape index (κ1) is 11.2. The highest BCUT2D eigenvalue weighted by molar-refractivity contribution is 5.84. The molecule has 1 fully saturated rings. The summed E-state index contributed by atoms with van der Waals surface area (Å²) >= 11 is 0. The number of amides is 1. The molecule has 0 atom stereocenters. The van der Waals surface area contributed by atoms with E-state index in [0.29, 0.717) is 6.42 Å². The fourth-order valence-corrected chi connectivity index (χ4v) is 1.95. The SMILES string of the molecule is CC(=O)CNC(=O)CCC1CCCC1. The van der Waals surface area contributed by atoms with Crippen molar-refractivity contribution in [3.63, 3.8) is 0 Å². The van der Waals surface area contributed by atoms with Gasteiger partial charge in [0.15, 0.2) is 0 Å². The van der Waals surface area contributed by atoms with Gasteiger partial charge in [-0.25, -0.2) is 0 Å². The van der Waals surface area contributed by atoms with Crippen LogP contribution in [0.15, 0.2) is 0 Å². The topological polar surface area (TPSA) is 46.2 Å². The lowest BCUT2D eigenvalue weighted by molar-refractivity contribution is -0.124. The minimum absolute atomic E-state index is 0.0132. The maximum atomic E-state index is 11.2. The lowest BCUT2D eigenvalue weighted by Gasteiger charge is -2.07. The van der Waals surface area contributed by atoms with Crippen molar-refractivity contribution in [2.24, 2.45) is 5.92 Å². The van der Waals surface area contributed by atoms with Crippen molar-refractivity contribution in [2.45, 2.75) is 45.4 Å². The van der Waals surface area contributed by atoms with Gasteiger partial charge < -0.3 is 5.32 Å². The summed E-state index contributed by atoms with van der Waals surface area (Å²) in [6.45, 7) is 1.67. The zero-order valence-electron chi connectivity index (χ0n) is 8.84. The molecule has 0 spiro atoms. The van der Waals surface area contributed by atoms with E-state index in [2.05, 4.69) is 5.32 Å². The van der Waals surface area contributed by atoms with Crippen LogP contribution in [0, 0.1) is 5.92 Å². The minimum atomic E-state index is 0.0132. The van der Waals surface area contributed by atoms with E-state index in [0.717, 1.165) is 12.3 Å². The maximum Gasteiger partial charge on any atom is 0.220 e. The average molecular weight is 197 g/mol. The smallest absolute Gasteiger partial charge is 0.220 e. The number of rotatable bonds is 5. The van der Waals surface area contributed by atoms with Gasteiger partial charge in [0, 0.05) is 6.42 Å². The zero-order chi connectivity index (χ0) is 10.4. The predicted octanol–water partition coefficient (Wildman–Crippen LogP) is 1.66. The summed E-state index contributed by atoms with van der Waals surface area (Å²) in [6.07, 6.45) is 6.77. The summed E-state index contributed by atoms with van der Waals surface area (Å²) in [6, 6.07) is 0. The molecular formula is C11H19NO2. The Balaban J connectivity index is 2.05. The molecule has 0 aromatic rings. The summed E-state index contributed by atoms with van der Waals surface area (Å²) in [7, 11) is 0. The molecule has 1 amide bonds. The number of Topliss-reactive ketones (excluding diaryl/α,β-unsaturated/α-hetero) is 1. The molecular weight excluding hydrogens is 178 g/mol. The molecule has 80 valence electrons. The van der Waals surface area contributed by atoms with E-state index in [9.17, 15) is 9.59 Å². The van der Waals surface area contributed by atoms with Gasteiger partial charge in [0.2, 0.25) is 5.91 Å². The van der Waals surface area contributed by atoms with Crippen molar-refractivity contribution in [2.75, 3.05) is 6.54 Å². The van der Waals surface area contributed by atoms with Crippen molar-refractivity contribution in [1.82, 2.24) is 5.32 Å². The van der Waals surface area contributed by atoms with Gasteiger partial charge in [0.25, 0.3) is 0 Å². The molecule has 0 aromatic heterocycles. The molecule has 1 aliphatic rings. The van der Waals surface area contributed by atoms with Gasteiger partial charge in [-0.3, -0.25) is 9.59 Å². The normalized spacial score (nSPS) is 16.9. The lowest BCUT2D eigenvalue weighted by Crippen LogP contribution is -2.28. The van der Waals surface area contributed by atoms with Crippen molar-refractivity contribution < 1.29 is 9.59 Å². The van der Waals surface area contributed by atoms with Crippen LogP contribution in [0.25, 0.3) is 0 Å². The van der Waals surface area contributed by atoms with E-state index in [1.54, 1.807) is 0 Å². The molecule has 1 N–H and O–H groups in total. The molecule has 0 saturated heterocycles. The fourth-order valence-electron chi connectivity index (χ4n) is 1.95. The fraction of sp³-hybridized carbons (Fsp3) is 0.818. The molecule has 0 bridgehead atoms. The minimum Gasteiger partial charge on any atom is -0.349 e.